The lowest BCUT2D eigenvalue weighted by Gasteiger charge is -2.37. The average molecular weight is 403 g/mol. The second kappa shape index (κ2) is 6.81. The molecule has 0 bridgehead atoms. The maximum absolute atomic E-state index is 14.3. The van der Waals surface area contributed by atoms with Crippen LogP contribution in [0.2, 0.25) is 13.1 Å². The molecule has 148 valence electrons. The Hall–Kier alpha value is -2.09. The topological polar surface area (TPSA) is 23.5 Å². The fraction of sp³-hybridized carbons (Fsp3) is 0.368. The summed E-state index contributed by atoms with van der Waals surface area (Å²) < 4.78 is 70.2. The van der Waals surface area contributed by atoms with Crippen molar-refractivity contribution in [3.63, 3.8) is 0 Å². The number of hydrogen-bond donors (Lipinski definition) is 1. The highest BCUT2D eigenvalue weighted by Crippen LogP contribution is 2.35. The number of nitrogens with zero attached hydrogens (tertiary/aromatic N) is 1. The van der Waals surface area contributed by atoms with E-state index in [4.69, 9.17) is 0 Å². The molecule has 2 nitrogen and oxygen atoms in total. The lowest BCUT2D eigenvalue weighted by atomic mass is 9.86. The molecule has 0 spiro atoms. The summed E-state index contributed by atoms with van der Waals surface area (Å²) in [6.07, 6.45) is 0. The maximum atomic E-state index is 14.3. The van der Waals surface area contributed by atoms with Gasteiger partial charge in [0, 0.05) is 5.19 Å². The summed E-state index contributed by atoms with van der Waals surface area (Å²) in [5.41, 5.74) is -0.761. The minimum atomic E-state index is -3.06. The molecule has 0 saturated heterocycles. The number of hydrogen-bond acceptors (Lipinski definition) is 2. The van der Waals surface area contributed by atoms with Gasteiger partial charge >= 0.3 is 0 Å². The molecule has 0 aliphatic carbocycles. The zero-order chi connectivity index (χ0) is 20.9. The molecule has 0 fully saturated rings. The molecule has 0 unspecified atom stereocenters. The minimum Gasteiger partial charge on any atom is -0.508 e. The molecule has 0 atom stereocenters. The minimum absolute atomic E-state index is 0.0302. The van der Waals surface area contributed by atoms with Gasteiger partial charge in [0.1, 0.15) is 11.4 Å². The van der Waals surface area contributed by atoms with Crippen LogP contribution in [0.5, 0.6) is 5.75 Å². The van der Waals surface area contributed by atoms with Crippen LogP contribution in [0.3, 0.4) is 0 Å². The number of halogens is 5. The summed E-state index contributed by atoms with van der Waals surface area (Å²) in [4.78, 5) is 0. The Morgan fingerprint density at radius 1 is 0.852 bits per heavy atom. The van der Waals surface area contributed by atoms with Gasteiger partial charge in [-0.3, -0.25) is 0 Å². The van der Waals surface area contributed by atoms with Crippen LogP contribution in [0.4, 0.5) is 27.6 Å². The van der Waals surface area contributed by atoms with E-state index in [0.29, 0.717) is 10.8 Å². The Morgan fingerprint density at radius 2 is 1.30 bits per heavy atom. The van der Waals surface area contributed by atoms with Crippen LogP contribution >= 0.6 is 0 Å². The smallest absolute Gasteiger partial charge is 0.200 e. The van der Waals surface area contributed by atoms with Gasteiger partial charge in [-0.05, 0) is 31.1 Å². The predicted octanol–water partition coefficient (Wildman–Crippen LogP) is 4.93. The molecule has 27 heavy (non-hydrogen) atoms. The van der Waals surface area contributed by atoms with E-state index < -0.39 is 48.4 Å². The maximum Gasteiger partial charge on any atom is 0.200 e. The van der Waals surface area contributed by atoms with Crippen molar-refractivity contribution in [3.8, 4) is 5.75 Å². The molecule has 0 aliphatic rings. The SMILES string of the molecule is CN(c1c(F)c(F)c(F)c(F)c1F)[Si](C)(C)c1cccc(C(C)(C)C)c1O. The van der Waals surface area contributed by atoms with E-state index in [-0.39, 0.29) is 5.75 Å². The Bertz CT molecular complexity index is 864. The number of rotatable bonds is 3. The number of phenolic OH excluding ortho intramolecular Hbond substituents is 1. The monoisotopic (exact) mass is 403 g/mol. The summed E-state index contributed by atoms with van der Waals surface area (Å²) in [6.45, 7) is 9.01. The van der Waals surface area contributed by atoms with Gasteiger partial charge < -0.3 is 9.67 Å². The third-order valence-electron chi connectivity index (χ3n) is 4.86. The molecule has 0 radical (unpaired) electrons. The Labute approximate surface area is 156 Å². The normalized spacial score (nSPS) is 12.4. The van der Waals surface area contributed by atoms with Gasteiger partial charge in [-0.2, -0.15) is 0 Å². The molecule has 0 saturated carbocycles. The van der Waals surface area contributed by atoms with Crippen molar-refractivity contribution in [1.82, 2.24) is 0 Å². The van der Waals surface area contributed by atoms with Crippen molar-refractivity contribution in [2.45, 2.75) is 39.3 Å². The first-order chi connectivity index (χ1) is 12.2. The highest BCUT2D eigenvalue weighted by atomic mass is 28.3. The Balaban J connectivity index is 2.70. The molecular formula is C19H22F5NOSi. The number of phenols is 1. The van der Waals surface area contributed by atoms with E-state index >= 15 is 0 Å². The number of para-hydroxylation sites is 1. The van der Waals surface area contributed by atoms with Crippen LogP contribution in [0.25, 0.3) is 0 Å². The van der Waals surface area contributed by atoms with Crippen LogP contribution in [0.15, 0.2) is 18.2 Å². The quantitative estimate of drug-likeness (QED) is 0.340. The number of aromatic hydroxyl groups is 1. The summed E-state index contributed by atoms with van der Waals surface area (Å²) in [7, 11) is -1.79. The molecule has 0 amide bonds. The van der Waals surface area contributed by atoms with Crippen molar-refractivity contribution in [3.05, 3.63) is 52.8 Å². The molecule has 2 aromatic carbocycles. The standard InChI is InChI=1S/C19H22F5NOSi/c1-19(2,3)10-8-7-9-11(18(10)26)27(5,6)25(4)17-15(23)13(21)12(20)14(22)16(17)24/h7-9,26H,1-6H3. The van der Waals surface area contributed by atoms with Crippen LogP contribution in [-0.4, -0.2) is 20.4 Å². The lowest BCUT2D eigenvalue weighted by Crippen LogP contribution is -2.57. The molecule has 2 rings (SSSR count). The zero-order valence-corrected chi connectivity index (χ0v) is 17.0. The predicted molar refractivity (Wildman–Crippen MR) is 98.6 cm³/mol. The third-order valence-corrected chi connectivity index (χ3v) is 8.49. The van der Waals surface area contributed by atoms with Crippen LogP contribution in [0.1, 0.15) is 26.3 Å². The number of benzene rings is 2. The van der Waals surface area contributed by atoms with Crippen molar-refractivity contribution >= 4 is 19.1 Å². The van der Waals surface area contributed by atoms with Crippen LogP contribution < -0.4 is 9.75 Å². The molecule has 0 aliphatic heterocycles. The van der Waals surface area contributed by atoms with Gasteiger partial charge in [-0.1, -0.05) is 39.0 Å². The van der Waals surface area contributed by atoms with Gasteiger partial charge in [0.2, 0.25) is 5.82 Å². The van der Waals surface area contributed by atoms with E-state index in [1.165, 1.54) is 7.05 Å². The molecule has 1 N–H and O–H groups in total. The van der Waals surface area contributed by atoms with Crippen LogP contribution in [-0.2, 0) is 5.41 Å². The zero-order valence-electron chi connectivity index (χ0n) is 16.0. The summed E-state index contributed by atoms with van der Waals surface area (Å²) in [6, 6.07) is 5.05. The lowest BCUT2D eigenvalue weighted by molar-refractivity contribution is 0.380. The van der Waals surface area contributed by atoms with Crippen molar-refractivity contribution in [2.24, 2.45) is 0 Å². The Morgan fingerprint density at radius 3 is 1.74 bits per heavy atom. The van der Waals surface area contributed by atoms with Gasteiger partial charge in [-0.25, -0.2) is 22.0 Å². The highest BCUT2D eigenvalue weighted by molar-refractivity contribution is 6.93. The second-order valence-electron chi connectivity index (χ2n) is 7.99. The first-order valence-corrected chi connectivity index (χ1v) is 11.3. The number of anilines is 1. The first kappa shape index (κ1) is 21.2. The largest absolute Gasteiger partial charge is 0.508 e. The van der Waals surface area contributed by atoms with E-state index in [9.17, 15) is 27.1 Å². The highest BCUT2D eigenvalue weighted by Gasteiger charge is 2.39. The van der Waals surface area contributed by atoms with E-state index in [1.807, 2.05) is 20.8 Å². The van der Waals surface area contributed by atoms with Crippen LogP contribution in [0, 0.1) is 29.1 Å². The molecule has 2 aromatic rings. The first-order valence-electron chi connectivity index (χ1n) is 8.31. The fourth-order valence-corrected chi connectivity index (χ4v) is 5.33. The molecule has 0 heterocycles. The van der Waals surface area contributed by atoms with E-state index in [2.05, 4.69) is 0 Å². The van der Waals surface area contributed by atoms with E-state index in [1.54, 1.807) is 31.3 Å². The summed E-state index contributed by atoms with van der Waals surface area (Å²) >= 11 is 0. The fourth-order valence-electron chi connectivity index (χ4n) is 2.99. The molecule has 0 aromatic heterocycles. The molecule has 8 heteroatoms. The van der Waals surface area contributed by atoms with Crippen molar-refractivity contribution in [1.29, 1.82) is 0 Å². The second-order valence-corrected chi connectivity index (χ2v) is 12.3. The average Bonchev–Trinajstić information content (AvgIpc) is 2.57. The van der Waals surface area contributed by atoms with Gasteiger partial charge in [0.25, 0.3) is 0 Å². The summed E-state index contributed by atoms with van der Waals surface area (Å²) in [5.74, 6) is -9.99. The molecular weight excluding hydrogens is 381 g/mol. The van der Waals surface area contributed by atoms with Gasteiger partial charge in [0.05, 0.1) is 0 Å². The van der Waals surface area contributed by atoms with Crippen molar-refractivity contribution < 1.29 is 27.1 Å². The Kier molecular flexibility index (Phi) is 5.35. The van der Waals surface area contributed by atoms with E-state index in [0.717, 1.165) is 4.57 Å². The third kappa shape index (κ3) is 3.42. The van der Waals surface area contributed by atoms with Gasteiger partial charge in [-0.15, -0.1) is 0 Å². The van der Waals surface area contributed by atoms with Crippen molar-refractivity contribution in [2.75, 3.05) is 11.6 Å². The van der Waals surface area contributed by atoms with Gasteiger partial charge in [0.15, 0.2) is 31.5 Å². The summed E-state index contributed by atoms with van der Waals surface area (Å²) in [5, 5.41) is 11.2.